The SMILES string of the molecule is CCCC(C)N(C)c1c(C=O)c(C)nn1-c1ccccc1. The molecule has 4 nitrogen and oxygen atoms in total. The van der Waals surface area contributed by atoms with Gasteiger partial charge < -0.3 is 4.90 Å². The fraction of sp³-hybridized carbons (Fsp3) is 0.412. The molecule has 0 aliphatic heterocycles. The van der Waals surface area contributed by atoms with Crippen molar-refractivity contribution in [3.05, 3.63) is 41.6 Å². The number of aldehydes is 1. The highest BCUT2D eigenvalue weighted by atomic mass is 16.1. The van der Waals surface area contributed by atoms with Gasteiger partial charge in [-0.05, 0) is 32.4 Å². The second-order valence-electron chi connectivity index (χ2n) is 5.44. The third kappa shape index (κ3) is 2.99. The maximum atomic E-state index is 11.5. The lowest BCUT2D eigenvalue weighted by Crippen LogP contribution is -2.31. The van der Waals surface area contributed by atoms with Gasteiger partial charge in [0.25, 0.3) is 0 Å². The summed E-state index contributed by atoms with van der Waals surface area (Å²) in [6.07, 6.45) is 3.10. The van der Waals surface area contributed by atoms with Crippen LogP contribution in [0.1, 0.15) is 42.7 Å². The van der Waals surface area contributed by atoms with Crippen molar-refractivity contribution in [2.45, 2.75) is 39.7 Å². The quantitative estimate of drug-likeness (QED) is 0.761. The number of benzene rings is 1. The van der Waals surface area contributed by atoms with Crippen LogP contribution in [0.25, 0.3) is 5.69 Å². The van der Waals surface area contributed by atoms with E-state index in [1.165, 1.54) is 0 Å². The smallest absolute Gasteiger partial charge is 0.155 e. The third-order valence-electron chi connectivity index (χ3n) is 3.90. The number of hydrogen-bond acceptors (Lipinski definition) is 3. The molecule has 0 spiro atoms. The summed E-state index contributed by atoms with van der Waals surface area (Å²) in [7, 11) is 2.03. The largest absolute Gasteiger partial charge is 0.356 e. The van der Waals surface area contributed by atoms with Crippen LogP contribution in [0.15, 0.2) is 30.3 Å². The number of aryl methyl sites for hydroxylation is 1. The van der Waals surface area contributed by atoms with Crippen molar-refractivity contribution in [3.63, 3.8) is 0 Å². The zero-order valence-electron chi connectivity index (χ0n) is 13.2. The number of nitrogens with zero attached hydrogens (tertiary/aromatic N) is 3. The Bertz CT molecular complexity index is 604. The first-order chi connectivity index (χ1) is 10.1. The number of anilines is 1. The molecular weight excluding hydrogens is 262 g/mol. The highest BCUT2D eigenvalue weighted by Gasteiger charge is 2.22. The van der Waals surface area contributed by atoms with Crippen LogP contribution in [0, 0.1) is 6.92 Å². The fourth-order valence-electron chi connectivity index (χ4n) is 2.57. The van der Waals surface area contributed by atoms with Crippen molar-refractivity contribution < 1.29 is 4.79 Å². The minimum Gasteiger partial charge on any atom is -0.356 e. The summed E-state index contributed by atoms with van der Waals surface area (Å²) in [6, 6.07) is 10.3. The van der Waals surface area contributed by atoms with Crippen molar-refractivity contribution in [3.8, 4) is 5.69 Å². The van der Waals surface area contributed by atoms with Gasteiger partial charge in [0.1, 0.15) is 5.82 Å². The van der Waals surface area contributed by atoms with Gasteiger partial charge in [-0.15, -0.1) is 0 Å². The Labute approximate surface area is 126 Å². The van der Waals surface area contributed by atoms with Gasteiger partial charge in [0.15, 0.2) is 6.29 Å². The molecule has 1 atom stereocenters. The van der Waals surface area contributed by atoms with Crippen LogP contribution < -0.4 is 4.90 Å². The molecule has 0 saturated carbocycles. The van der Waals surface area contributed by atoms with Crippen molar-refractivity contribution >= 4 is 12.1 Å². The van der Waals surface area contributed by atoms with E-state index in [9.17, 15) is 4.79 Å². The molecule has 0 radical (unpaired) electrons. The van der Waals surface area contributed by atoms with E-state index in [0.717, 1.165) is 36.3 Å². The standard InChI is InChI=1S/C17H23N3O/c1-5-9-13(2)19(4)17-16(12-21)14(3)18-20(17)15-10-7-6-8-11-15/h6-8,10-13H,5,9H2,1-4H3. The summed E-state index contributed by atoms with van der Waals surface area (Å²) in [6.45, 7) is 6.23. The molecule has 0 amide bonds. The van der Waals surface area contributed by atoms with E-state index in [2.05, 4.69) is 23.8 Å². The van der Waals surface area contributed by atoms with Gasteiger partial charge in [0, 0.05) is 13.1 Å². The lowest BCUT2D eigenvalue weighted by atomic mass is 10.1. The average Bonchev–Trinajstić information content (AvgIpc) is 2.84. The Hall–Kier alpha value is -2.10. The summed E-state index contributed by atoms with van der Waals surface area (Å²) in [5.74, 6) is 0.870. The molecule has 1 aromatic carbocycles. The van der Waals surface area contributed by atoms with E-state index in [1.54, 1.807) is 0 Å². The van der Waals surface area contributed by atoms with Crippen molar-refractivity contribution in [1.29, 1.82) is 0 Å². The van der Waals surface area contributed by atoms with Gasteiger partial charge in [-0.25, -0.2) is 4.68 Å². The predicted molar refractivity (Wildman–Crippen MR) is 86.5 cm³/mol. The molecule has 0 aliphatic carbocycles. The first kappa shape index (κ1) is 15.3. The summed E-state index contributed by atoms with van der Waals surface area (Å²) < 4.78 is 1.87. The molecule has 2 aromatic rings. The van der Waals surface area contributed by atoms with E-state index >= 15 is 0 Å². The number of para-hydroxylation sites is 1. The monoisotopic (exact) mass is 285 g/mol. The second-order valence-corrected chi connectivity index (χ2v) is 5.44. The Balaban J connectivity index is 2.54. The molecule has 112 valence electrons. The maximum Gasteiger partial charge on any atom is 0.155 e. The Morgan fingerprint density at radius 3 is 2.57 bits per heavy atom. The maximum absolute atomic E-state index is 11.5. The van der Waals surface area contributed by atoms with Crippen LogP contribution in [0.2, 0.25) is 0 Å². The van der Waals surface area contributed by atoms with Gasteiger partial charge in [-0.2, -0.15) is 5.10 Å². The molecule has 1 unspecified atom stereocenters. The van der Waals surface area contributed by atoms with Gasteiger partial charge >= 0.3 is 0 Å². The zero-order chi connectivity index (χ0) is 15.4. The molecule has 0 bridgehead atoms. The first-order valence-corrected chi connectivity index (χ1v) is 7.43. The topological polar surface area (TPSA) is 38.1 Å². The van der Waals surface area contributed by atoms with Crippen LogP contribution in [-0.2, 0) is 0 Å². The normalized spacial score (nSPS) is 12.2. The van der Waals surface area contributed by atoms with Crippen LogP contribution in [0.3, 0.4) is 0 Å². The van der Waals surface area contributed by atoms with Crippen LogP contribution in [0.4, 0.5) is 5.82 Å². The van der Waals surface area contributed by atoms with Crippen LogP contribution in [0.5, 0.6) is 0 Å². The molecule has 21 heavy (non-hydrogen) atoms. The average molecular weight is 285 g/mol. The second kappa shape index (κ2) is 6.57. The highest BCUT2D eigenvalue weighted by molar-refractivity contribution is 5.85. The molecule has 1 heterocycles. The molecule has 0 fully saturated rings. The van der Waals surface area contributed by atoms with Gasteiger partial charge in [0.05, 0.1) is 16.9 Å². The molecule has 4 heteroatoms. The number of carbonyl (C=O) groups is 1. The van der Waals surface area contributed by atoms with E-state index in [4.69, 9.17) is 0 Å². The molecule has 2 rings (SSSR count). The predicted octanol–water partition coefficient (Wildman–Crippen LogP) is 3.62. The van der Waals surface area contributed by atoms with E-state index in [1.807, 2.05) is 49.0 Å². The molecule has 0 saturated heterocycles. The number of carbonyl (C=O) groups excluding carboxylic acids is 1. The summed E-state index contributed by atoms with van der Waals surface area (Å²) >= 11 is 0. The van der Waals surface area contributed by atoms with E-state index in [-0.39, 0.29) is 0 Å². The lowest BCUT2D eigenvalue weighted by molar-refractivity contribution is 0.112. The highest BCUT2D eigenvalue weighted by Crippen LogP contribution is 2.27. The third-order valence-corrected chi connectivity index (χ3v) is 3.90. The van der Waals surface area contributed by atoms with Gasteiger partial charge in [0.2, 0.25) is 0 Å². The summed E-state index contributed by atoms with van der Waals surface area (Å²) in [5.41, 5.74) is 2.41. The minimum absolute atomic E-state index is 0.354. The molecule has 0 aliphatic rings. The Morgan fingerprint density at radius 1 is 1.33 bits per heavy atom. The van der Waals surface area contributed by atoms with E-state index in [0.29, 0.717) is 11.6 Å². The summed E-state index contributed by atoms with van der Waals surface area (Å²) in [4.78, 5) is 13.7. The summed E-state index contributed by atoms with van der Waals surface area (Å²) in [5, 5.41) is 4.56. The number of aromatic nitrogens is 2. The van der Waals surface area contributed by atoms with Crippen molar-refractivity contribution in [1.82, 2.24) is 9.78 Å². The lowest BCUT2D eigenvalue weighted by Gasteiger charge is -2.27. The number of hydrogen-bond donors (Lipinski definition) is 0. The van der Waals surface area contributed by atoms with Crippen LogP contribution in [-0.4, -0.2) is 29.2 Å². The number of rotatable bonds is 6. The van der Waals surface area contributed by atoms with Crippen LogP contribution >= 0.6 is 0 Å². The Morgan fingerprint density at radius 2 is 2.00 bits per heavy atom. The van der Waals surface area contributed by atoms with Gasteiger partial charge in [-0.3, -0.25) is 4.79 Å². The first-order valence-electron chi connectivity index (χ1n) is 7.43. The molecule has 1 aromatic heterocycles. The Kier molecular flexibility index (Phi) is 4.78. The molecular formula is C17H23N3O. The van der Waals surface area contributed by atoms with Crippen molar-refractivity contribution in [2.75, 3.05) is 11.9 Å². The van der Waals surface area contributed by atoms with Gasteiger partial charge in [-0.1, -0.05) is 31.5 Å². The zero-order valence-corrected chi connectivity index (χ0v) is 13.2. The minimum atomic E-state index is 0.354. The fourth-order valence-corrected chi connectivity index (χ4v) is 2.57. The molecule has 0 N–H and O–H groups in total. The van der Waals surface area contributed by atoms with Crippen molar-refractivity contribution in [2.24, 2.45) is 0 Å². The van der Waals surface area contributed by atoms with E-state index < -0.39 is 0 Å².